The fourth-order valence-electron chi connectivity index (χ4n) is 3.40. The molecule has 1 N–H and O–H groups in total. The fraction of sp³-hybridized carbons (Fsp3) is 1.00. The smallest absolute Gasteiger partial charge is 0.0383 e. The van der Waals surface area contributed by atoms with Crippen LogP contribution in [0.2, 0.25) is 0 Å². The second-order valence-corrected chi connectivity index (χ2v) is 5.88. The third-order valence-corrected chi connectivity index (χ3v) is 5.16. The summed E-state index contributed by atoms with van der Waals surface area (Å²) in [6, 6.07) is 0. The zero-order chi connectivity index (χ0) is 10.7. The van der Waals surface area contributed by atoms with Crippen molar-refractivity contribution in [2.75, 3.05) is 0 Å². The zero-order valence-electron chi connectivity index (χ0n) is 9.22. The molecule has 4 unspecified atom stereocenters. The Kier molecular flexibility index (Phi) is 4.31. The van der Waals surface area contributed by atoms with Gasteiger partial charge in [0.25, 0.3) is 0 Å². The van der Waals surface area contributed by atoms with Crippen molar-refractivity contribution in [2.45, 2.75) is 50.7 Å². The molecule has 0 spiro atoms. The van der Waals surface area contributed by atoms with E-state index in [2.05, 4.69) is 16.3 Å². The van der Waals surface area contributed by atoms with E-state index in [1.54, 1.807) is 0 Å². The van der Waals surface area contributed by atoms with E-state index in [1.165, 1.54) is 50.6 Å². The van der Waals surface area contributed by atoms with Gasteiger partial charge in [-0.05, 0) is 43.4 Å². The fourth-order valence-corrected chi connectivity index (χ4v) is 4.25. The van der Waals surface area contributed by atoms with E-state index in [9.17, 15) is 0 Å². The first-order chi connectivity index (χ1) is 7.33. The van der Waals surface area contributed by atoms with Gasteiger partial charge in [0.1, 0.15) is 0 Å². The van der Waals surface area contributed by atoms with Crippen LogP contribution in [0.4, 0.5) is 0 Å². The Morgan fingerprint density at radius 2 is 1.80 bits per heavy atom. The minimum atomic E-state index is 0.513. The zero-order valence-corrected chi connectivity index (χ0v) is 10.0. The minimum absolute atomic E-state index is 0.513. The van der Waals surface area contributed by atoms with Crippen LogP contribution in [-0.2, 0) is 9.37 Å². The number of hydrogen-bond acceptors (Lipinski definition) is 4. The molecule has 4 atom stereocenters. The minimum Gasteiger partial charge on any atom is -0.220 e. The van der Waals surface area contributed by atoms with E-state index >= 15 is 0 Å². The van der Waals surface area contributed by atoms with Crippen LogP contribution in [0.25, 0.3) is 0 Å². The predicted molar refractivity (Wildman–Crippen MR) is 60.0 cm³/mol. The van der Waals surface area contributed by atoms with Crippen LogP contribution < -0.4 is 0 Å². The molecule has 3 nitrogen and oxygen atoms in total. The lowest BCUT2D eigenvalue weighted by atomic mass is 9.66. The molecule has 88 valence electrons. The summed E-state index contributed by atoms with van der Waals surface area (Å²) in [5.74, 6) is 2.50. The van der Waals surface area contributed by atoms with Gasteiger partial charge in [-0.3, -0.25) is 0 Å². The molecule has 0 aromatic rings. The van der Waals surface area contributed by atoms with E-state index in [0.29, 0.717) is 5.25 Å². The van der Waals surface area contributed by atoms with Crippen LogP contribution >= 0.6 is 12.0 Å². The van der Waals surface area contributed by atoms with Gasteiger partial charge in [-0.2, -0.15) is 0 Å². The molecule has 2 saturated carbocycles. The van der Waals surface area contributed by atoms with Gasteiger partial charge in [0, 0.05) is 17.3 Å². The van der Waals surface area contributed by atoms with Crippen molar-refractivity contribution >= 4 is 12.0 Å². The van der Waals surface area contributed by atoms with Crippen molar-refractivity contribution in [3.05, 3.63) is 0 Å². The van der Waals surface area contributed by atoms with E-state index in [-0.39, 0.29) is 0 Å². The topological polar surface area (TPSA) is 38.7 Å². The Bertz CT molecular complexity index is 198. The molecule has 2 aliphatic rings. The van der Waals surface area contributed by atoms with Crippen LogP contribution in [0.1, 0.15) is 45.4 Å². The SMILES string of the molecule is CC1CCC(SOOO)C2CCCCC12. The quantitative estimate of drug-likeness (QED) is 0.458. The molecule has 0 aromatic carbocycles. The first kappa shape index (κ1) is 11.7. The lowest BCUT2D eigenvalue weighted by molar-refractivity contribution is -0.432. The summed E-state index contributed by atoms with van der Waals surface area (Å²) in [5, 5.41) is 12.4. The van der Waals surface area contributed by atoms with Crippen LogP contribution in [0.3, 0.4) is 0 Å². The van der Waals surface area contributed by atoms with Crippen molar-refractivity contribution in [3.63, 3.8) is 0 Å². The maximum absolute atomic E-state index is 8.20. The summed E-state index contributed by atoms with van der Waals surface area (Å²) in [7, 11) is 0. The normalized spacial score (nSPS) is 41.2. The van der Waals surface area contributed by atoms with Gasteiger partial charge in [0.2, 0.25) is 0 Å². The molecule has 0 amide bonds. The lowest BCUT2D eigenvalue weighted by Crippen LogP contribution is -2.37. The highest BCUT2D eigenvalue weighted by molar-refractivity contribution is 7.95. The van der Waals surface area contributed by atoms with Crippen molar-refractivity contribution in [1.29, 1.82) is 0 Å². The Morgan fingerprint density at radius 1 is 1.07 bits per heavy atom. The van der Waals surface area contributed by atoms with Crippen molar-refractivity contribution < 1.29 is 14.6 Å². The Labute approximate surface area is 95.6 Å². The van der Waals surface area contributed by atoms with E-state index in [0.717, 1.165) is 17.8 Å². The first-order valence-electron chi connectivity index (χ1n) is 5.96. The number of hydrogen-bond donors (Lipinski definition) is 1. The molecule has 0 radical (unpaired) electrons. The monoisotopic (exact) mass is 232 g/mol. The molecule has 0 heterocycles. The largest absolute Gasteiger partial charge is 0.220 e. The lowest BCUT2D eigenvalue weighted by Gasteiger charge is -2.43. The van der Waals surface area contributed by atoms with Gasteiger partial charge in [0.15, 0.2) is 0 Å². The Balaban J connectivity index is 1.94. The summed E-state index contributed by atoms with van der Waals surface area (Å²) in [4.78, 5) is 0. The molecule has 2 rings (SSSR count). The van der Waals surface area contributed by atoms with Gasteiger partial charge in [-0.15, -0.1) is 4.33 Å². The molecule has 15 heavy (non-hydrogen) atoms. The summed E-state index contributed by atoms with van der Waals surface area (Å²) in [6.07, 6.45) is 7.92. The van der Waals surface area contributed by atoms with Crippen molar-refractivity contribution in [2.24, 2.45) is 17.8 Å². The molecule has 0 aromatic heterocycles. The average molecular weight is 232 g/mol. The highest BCUT2D eigenvalue weighted by Gasteiger charge is 2.39. The average Bonchev–Trinajstić information content (AvgIpc) is 2.29. The van der Waals surface area contributed by atoms with Crippen LogP contribution in [-0.4, -0.2) is 10.5 Å². The predicted octanol–water partition coefficient (Wildman–Crippen LogP) is 3.66. The Hall–Kier alpha value is 0.230. The van der Waals surface area contributed by atoms with Gasteiger partial charge in [-0.25, -0.2) is 5.26 Å². The van der Waals surface area contributed by atoms with Gasteiger partial charge < -0.3 is 0 Å². The highest BCUT2D eigenvalue weighted by atomic mass is 32.2. The second kappa shape index (κ2) is 5.53. The van der Waals surface area contributed by atoms with Crippen molar-refractivity contribution in [1.82, 2.24) is 0 Å². The summed E-state index contributed by atoms with van der Waals surface area (Å²) in [5.41, 5.74) is 0. The molecular weight excluding hydrogens is 212 g/mol. The summed E-state index contributed by atoms with van der Waals surface area (Å²) < 4.78 is 4.63. The molecular formula is C11H20O3S. The second-order valence-electron chi connectivity index (χ2n) is 4.94. The van der Waals surface area contributed by atoms with Gasteiger partial charge in [-0.1, -0.05) is 24.8 Å². The number of fused-ring (bicyclic) bond motifs is 1. The molecule has 0 aliphatic heterocycles. The van der Waals surface area contributed by atoms with Crippen molar-refractivity contribution in [3.8, 4) is 0 Å². The van der Waals surface area contributed by atoms with Crippen LogP contribution in [0, 0.1) is 17.8 Å². The van der Waals surface area contributed by atoms with Gasteiger partial charge in [0.05, 0.1) is 0 Å². The Morgan fingerprint density at radius 3 is 2.53 bits per heavy atom. The third-order valence-electron chi connectivity index (χ3n) is 4.18. The van der Waals surface area contributed by atoms with E-state index in [1.807, 2.05) is 0 Å². The molecule has 2 fully saturated rings. The molecule has 4 heteroatoms. The third kappa shape index (κ3) is 2.67. The van der Waals surface area contributed by atoms with E-state index < -0.39 is 0 Å². The maximum Gasteiger partial charge on any atom is 0.0383 e. The maximum atomic E-state index is 8.20. The highest BCUT2D eigenvalue weighted by Crippen LogP contribution is 2.47. The summed E-state index contributed by atoms with van der Waals surface area (Å²) >= 11 is 1.31. The van der Waals surface area contributed by atoms with Crippen LogP contribution in [0.15, 0.2) is 0 Å². The number of rotatable bonds is 3. The molecule has 2 aliphatic carbocycles. The molecule has 0 saturated heterocycles. The standard InChI is InChI=1S/C11H20O3S/c1-8-6-7-11(15-14-13-12)10-5-3-2-4-9(8)10/h8-12H,2-7H2,1H3. The van der Waals surface area contributed by atoms with E-state index in [4.69, 9.17) is 5.26 Å². The van der Waals surface area contributed by atoms with Crippen LogP contribution in [0.5, 0.6) is 0 Å². The summed E-state index contributed by atoms with van der Waals surface area (Å²) in [6.45, 7) is 2.38. The van der Waals surface area contributed by atoms with Gasteiger partial charge >= 0.3 is 0 Å². The first-order valence-corrected chi connectivity index (χ1v) is 6.77. The molecule has 0 bridgehead atoms.